The van der Waals surface area contributed by atoms with Gasteiger partial charge in [-0.15, -0.1) is 0 Å². The zero-order chi connectivity index (χ0) is 26.8. The number of ether oxygens (including phenoxy) is 1. The molecule has 3 aliphatic carbocycles. The van der Waals surface area contributed by atoms with Gasteiger partial charge in [-0.25, -0.2) is 0 Å². The lowest BCUT2D eigenvalue weighted by Gasteiger charge is -2.44. The van der Waals surface area contributed by atoms with Gasteiger partial charge in [-0.1, -0.05) is 129 Å². The van der Waals surface area contributed by atoms with Crippen molar-refractivity contribution in [2.45, 2.75) is 44.4 Å². The first-order valence-electron chi connectivity index (χ1n) is 14.8. The predicted octanol–water partition coefficient (Wildman–Crippen LogP) is 8.44. The van der Waals surface area contributed by atoms with E-state index in [1.165, 1.54) is 39.1 Å². The van der Waals surface area contributed by atoms with Gasteiger partial charge in [-0.2, -0.15) is 0 Å². The molecular formula is C38H35NO. The summed E-state index contributed by atoms with van der Waals surface area (Å²) in [4.78, 5) is 2.79. The number of para-hydroxylation sites is 1. The van der Waals surface area contributed by atoms with Crippen LogP contribution in [0.15, 0.2) is 133 Å². The van der Waals surface area contributed by atoms with Gasteiger partial charge in [0.05, 0.1) is 12.1 Å². The minimum absolute atomic E-state index is 0.140. The number of benzene rings is 3. The zero-order valence-corrected chi connectivity index (χ0v) is 23.2. The molecule has 3 aromatic carbocycles. The van der Waals surface area contributed by atoms with E-state index in [1.54, 1.807) is 0 Å². The third kappa shape index (κ3) is 3.62. The van der Waals surface area contributed by atoms with Gasteiger partial charge in [0.25, 0.3) is 0 Å². The quantitative estimate of drug-likeness (QED) is 0.321. The van der Waals surface area contributed by atoms with Gasteiger partial charge in [0.2, 0.25) is 0 Å². The number of hydrogen-bond acceptors (Lipinski definition) is 2. The van der Waals surface area contributed by atoms with Gasteiger partial charge >= 0.3 is 0 Å². The predicted molar refractivity (Wildman–Crippen MR) is 164 cm³/mol. The van der Waals surface area contributed by atoms with E-state index in [-0.39, 0.29) is 18.2 Å². The maximum absolute atomic E-state index is 6.77. The molecule has 0 aromatic heterocycles. The summed E-state index contributed by atoms with van der Waals surface area (Å²) >= 11 is 0. The minimum atomic E-state index is 0.140. The molecule has 40 heavy (non-hydrogen) atoms. The van der Waals surface area contributed by atoms with Crippen molar-refractivity contribution in [2.75, 3.05) is 0 Å². The standard InChI is InChI=1S/C38H35NO/c1-24-17-18-31-35(21-24)39(33-20-19-30-29-15-9-10-16-36(29)40-38(30)37(31)33)34-23-28(26-11-5-3-6-12-26)22-32(25(34)2)27-13-7-4-8-14-27/h3-20,22-25,30,33-34,37-38H,21H2,1-2H3/t24?,25-,30?,33?,34?,37?,38?/m0/s1. The van der Waals surface area contributed by atoms with Crippen LogP contribution in [-0.4, -0.2) is 23.1 Å². The monoisotopic (exact) mass is 521 g/mol. The summed E-state index contributed by atoms with van der Waals surface area (Å²) in [6.45, 7) is 4.78. The molecule has 0 amide bonds. The molecule has 2 aliphatic heterocycles. The third-order valence-electron chi connectivity index (χ3n) is 9.78. The van der Waals surface area contributed by atoms with Crippen molar-refractivity contribution in [3.05, 3.63) is 149 Å². The fourth-order valence-corrected chi connectivity index (χ4v) is 7.88. The van der Waals surface area contributed by atoms with Crippen LogP contribution in [0, 0.1) is 17.8 Å². The molecule has 0 fully saturated rings. The van der Waals surface area contributed by atoms with Crippen LogP contribution in [0.1, 0.15) is 42.9 Å². The van der Waals surface area contributed by atoms with Crippen LogP contribution >= 0.6 is 0 Å². The fourth-order valence-electron chi connectivity index (χ4n) is 7.88. The first-order valence-corrected chi connectivity index (χ1v) is 14.8. The Bertz CT molecular complexity index is 1610. The normalized spacial score (nSPS) is 31.6. The summed E-state index contributed by atoms with van der Waals surface area (Å²) in [5.41, 5.74) is 9.68. The average Bonchev–Trinajstić information content (AvgIpc) is 3.53. The second-order valence-corrected chi connectivity index (χ2v) is 12.1. The van der Waals surface area contributed by atoms with E-state index in [0.29, 0.717) is 23.7 Å². The molecule has 2 heteroatoms. The topological polar surface area (TPSA) is 12.5 Å². The van der Waals surface area contributed by atoms with Gasteiger partial charge in [-0.3, -0.25) is 0 Å². The maximum atomic E-state index is 6.77. The number of fused-ring (bicyclic) bond motifs is 6. The van der Waals surface area contributed by atoms with Crippen molar-refractivity contribution in [2.24, 2.45) is 17.8 Å². The van der Waals surface area contributed by atoms with Crippen LogP contribution in [0.3, 0.4) is 0 Å². The van der Waals surface area contributed by atoms with Gasteiger partial charge in [-0.05, 0) is 46.3 Å². The smallest absolute Gasteiger partial charge is 0.123 e. The van der Waals surface area contributed by atoms with Crippen LogP contribution in [-0.2, 0) is 0 Å². The molecule has 0 saturated heterocycles. The average molecular weight is 522 g/mol. The molecule has 2 nitrogen and oxygen atoms in total. The lowest BCUT2D eigenvalue weighted by Crippen LogP contribution is -2.48. The highest BCUT2D eigenvalue weighted by Crippen LogP contribution is 2.55. The molecule has 8 rings (SSSR count). The van der Waals surface area contributed by atoms with Crippen molar-refractivity contribution >= 4 is 11.1 Å². The Kier molecular flexibility index (Phi) is 5.52. The van der Waals surface area contributed by atoms with Gasteiger partial charge in [0, 0.05) is 29.0 Å². The molecule has 0 spiro atoms. The first-order chi connectivity index (χ1) is 19.7. The molecule has 0 N–H and O–H groups in total. The summed E-state index contributed by atoms with van der Waals surface area (Å²) in [6, 6.07) is 31.1. The van der Waals surface area contributed by atoms with E-state index in [9.17, 15) is 0 Å². The molecule has 198 valence electrons. The van der Waals surface area contributed by atoms with Crippen molar-refractivity contribution in [1.82, 2.24) is 4.90 Å². The summed E-state index contributed by atoms with van der Waals surface area (Å²) in [5, 5.41) is 0. The van der Waals surface area contributed by atoms with Crippen molar-refractivity contribution < 1.29 is 4.74 Å². The largest absolute Gasteiger partial charge is 0.488 e. The number of hydrogen-bond donors (Lipinski definition) is 0. The Morgan fingerprint density at radius 2 is 1.48 bits per heavy atom. The van der Waals surface area contributed by atoms with E-state index < -0.39 is 0 Å². The highest BCUT2D eigenvalue weighted by atomic mass is 16.5. The summed E-state index contributed by atoms with van der Waals surface area (Å²) in [6.07, 6.45) is 16.0. The van der Waals surface area contributed by atoms with Gasteiger partial charge in [0.1, 0.15) is 11.9 Å². The second-order valence-electron chi connectivity index (χ2n) is 12.1. The lowest BCUT2D eigenvalue weighted by molar-refractivity contribution is 0.110. The highest BCUT2D eigenvalue weighted by molar-refractivity contribution is 5.87. The third-order valence-corrected chi connectivity index (χ3v) is 9.78. The Morgan fingerprint density at radius 3 is 2.27 bits per heavy atom. The SMILES string of the molecule is CC1C=CC2=C(C1)N(C1C=C(c3ccccc3)C=C(c3ccccc3)[C@@H]1C)C1C=CC3c4ccccc4OC3C21. The molecule has 0 saturated carbocycles. The maximum Gasteiger partial charge on any atom is 0.123 e. The van der Waals surface area contributed by atoms with E-state index in [4.69, 9.17) is 4.74 Å². The van der Waals surface area contributed by atoms with E-state index in [1.807, 2.05) is 0 Å². The Morgan fingerprint density at radius 1 is 0.750 bits per heavy atom. The minimum Gasteiger partial charge on any atom is -0.488 e. The van der Waals surface area contributed by atoms with Crippen LogP contribution in [0.2, 0.25) is 0 Å². The highest BCUT2D eigenvalue weighted by Gasteiger charge is 2.53. The number of allylic oxidation sites excluding steroid dienone is 5. The Balaban J connectivity index is 1.26. The fraction of sp³-hybridized carbons (Fsp3) is 0.263. The van der Waals surface area contributed by atoms with Crippen LogP contribution in [0.4, 0.5) is 0 Å². The Labute approximate surface area is 237 Å². The lowest BCUT2D eigenvalue weighted by atomic mass is 9.75. The first kappa shape index (κ1) is 23.8. The van der Waals surface area contributed by atoms with E-state index in [0.717, 1.165) is 12.2 Å². The Hall–Kier alpha value is -4.04. The van der Waals surface area contributed by atoms with Crippen LogP contribution < -0.4 is 4.74 Å². The summed E-state index contributed by atoms with van der Waals surface area (Å²) in [5.74, 6) is 2.58. The summed E-state index contributed by atoms with van der Waals surface area (Å²) in [7, 11) is 0. The van der Waals surface area contributed by atoms with Crippen molar-refractivity contribution in [3.63, 3.8) is 0 Å². The molecular weight excluding hydrogens is 486 g/mol. The number of rotatable bonds is 3. The second kappa shape index (κ2) is 9.27. The molecule has 7 atom stereocenters. The molecule has 3 aromatic rings. The molecule has 6 unspecified atom stereocenters. The van der Waals surface area contributed by atoms with E-state index >= 15 is 0 Å². The summed E-state index contributed by atoms with van der Waals surface area (Å²) < 4.78 is 6.77. The van der Waals surface area contributed by atoms with Crippen LogP contribution in [0.25, 0.3) is 11.1 Å². The van der Waals surface area contributed by atoms with Gasteiger partial charge < -0.3 is 9.64 Å². The van der Waals surface area contributed by atoms with Gasteiger partial charge in [0.15, 0.2) is 0 Å². The van der Waals surface area contributed by atoms with Crippen molar-refractivity contribution in [3.8, 4) is 5.75 Å². The molecule has 5 aliphatic rings. The molecule has 0 bridgehead atoms. The zero-order valence-electron chi connectivity index (χ0n) is 23.2. The van der Waals surface area contributed by atoms with Crippen LogP contribution in [0.5, 0.6) is 5.75 Å². The molecule has 0 radical (unpaired) electrons. The van der Waals surface area contributed by atoms with Crippen molar-refractivity contribution in [1.29, 1.82) is 0 Å². The van der Waals surface area contributed by atoms with E-state index in [2.05, 4.69) is 140 Å². The number of nitrogens with zero attached hydrogens (tertiary/aromatic N) is 1. The molecule has 2 heterocycles.